The molecular formula is C19H25N3O. The first-order valence-electron chi connectivity index (χ1n) is 8.42. The van der Waals surface area contributed by atoms with Crippen LogP contribution in [0.2, 0.25) is 0 Å². The van der Waals surface area contributed by atoms with Gasteiger partial charge in [-0.15, -0.1) is 0 Å². The zero-order valence-corrected chi connectivity index (χ0v) is 14.2. The van der Waals surface area contributed by atoms with Crippen LogP contribution in [0.3, 0.4) is 0 Å². The van der Waals surface area contributed by atoms with E-state index in [9.17, 15) is 4.79 Å². The fraction of sp³-hybridized carbons (Fsp3) is 0.474. The molecule has 0 aliphatic heterocycles. The Morgan fingerprint density at radius 3 is 2.78 bits per heavy atom. The summed E-state index contributed by atoms with van der Waals surface area (Å²) in [6.45, 7) is 6.55. The van der Waals surface area contributed by atoms with Crippen LogP contribution in [-0.2, 0) is 11.2 Å². The van der Waals surface area contributed by atoms with Gasteiger partial charge in [-0.05, 0) is 36.8 Å². The van der Waals surface area contributed by atoms with E-state index in [-0.39, 0.29) is 17.4 Å². The Balaban J connectivity index is 1.96. The Morgan fingerprint density at radius 2 is 2.09 bits per heavy atom. The van der Waals surface area contributed by atoms with Crippen molar-refractivity contribution in [2.75, 3.05) is 0 Å². The Hall–Kier alpha value is -2.10. The van der Waals surface area contributed by atoms with Gasteiger partial charge in [-0.2, -0.15) is 5.10 Å². The Morgan fingerprint density at radius 1 is 1.35 bits per heavy atom. The van der Waals surface area contributed by atoms with Gasteiger partial charge in [0, 0.05) is 12.0 Å². The molecule has 4 nitrogen and oxygen atoms in total. The maximum absolute atomic E-state index is 12.1. The predicted octanol–water partition coefficient (Wildman–Crippen LogP) is 3.80. The number of rotatable bonds is 4. The van der Waals surface area contributed by atoms with Crippen LogP contribution in [0, 0.1) is 5.41 Å². The molecule has 1 atom stereocenters. The monoisotopic (exact) mass is 311 g/mol. The highest BCUT2D eigenvalue weighted by Crippen LogP contribution is 2.41. The van der Waals surface area contributed by atoms with Gasteiger partial charge >= 0.3 is 0 Å². The number of hydrogen-bond acceptors (Lipinski definition) is 2. The lowest BCUT2D eigenvalue weighted by Crippen LogP contribution is -2.36. The van der Waals surface area contributed by atoms with E-state index in [0.717, 1.165) is 30.5 Å². The third-order valence-corrected chi connectivity index (χ3v) is 4.49. The summed E-state index contributed by atoms with van der Waals surface area (Å²) in [4.78, 5) is 12.1. The number of benzene rings is 1. The van der Waals surface area contributed by atoms with E-state index in [0.29, 0.717) is 6.42 Å². The second-order valence-corrected chi connectivity index (χ2v) is 7.21. The third-order valence-electron chi connectivity index (χ3n) is 4.49. The molecule has 1 unspecified atom stereocenters. The molecular weight excluding hydrogens is 286 g/mol. The van der Waals surface area contributed by atoms with Crippen LogP contribution < -0.4 is 5.32 Å². The average Bonchev–Trinajstić information content (AvgIpc) is 2.90. The van der Waals surface area contributed by atoms with Crippen molar-refractivity contribution < 1.29 is 4.79 Å². The van der Waals surface area contributed by atoms with E-state index in [1.807, 2.05) is 36.0 Å². The number of nitrogens with one attached hydrogen (secondary N) is 1. The zero-order chi connectivity index (χ0) is 16.4. The van der Waals surface area contributed by atoms with E-state index in [1.165, 1.54) is 5.69 Å². The summed E-state index contributed by atoms with van der Waals surface area (Å²) in [6.07, 6.45) is 5.30. The summed E-state index contributed by atoms with van der Waals surface area (Å²) in [5.41, 5.74) is 3.60. The van der Waals surface area contributed by atoms with Gasteiger partial charge in [0.1, 0.15) is 0 Å². The average molecular weight is 311 g/mol. The minimum absolute atomic E-state index is 0.0604. The largest absolute Gasteiger partial charge is 0.349 e. The summed E-state index contributed by atoms with van der Waals surface area (Å²) in [6, 6.07) is 10.3. The van der Waals surface area contributed by atoms with Gasteiger partial charge in [-0.25, -0.2) is 4.68 Å². The molecule has 1 amide bonds. The van der Waals surface area contributed by atoms with Crippen LogP contribution in [0.15, 0.2) is 36.5 Å². The Labute approximate surface area is 137 Å². The third kappa shape index (κ3) is 3.31. The van der Waals surface area contributed by atoms with Crippen LogP contribution in [0.1, 0.15) is 57.3 Å². The highest BCUT2D eigenvalue weighted by molar-refractivity contribution is 5.76. The summed E-state index contributed by atoms with van der Waals surface area (Å²) in [7, 11) is 0. The van der Waals surface area contributed by atoms with Gasteiger partial charge in [0.05, 0.1) is 23.6 Å². The Kier molecular flexibility index (Phi) is 4.24. The van der Waals surface area contributed by atoms with E-state index in [1.54, 1.807) is 0 Å². The molecule has 4 heteroatoms. The molecule has 0 bridgehead atoms. The van der Waals surface area contributed by atoms with E-state index in [4.69, 9.17) is 0 Å². The maximum Gasteiger partial charge on any atom is 0.220 e. The molecule has 0 radical (unpaired) electrons. The van der Waals surface area contributed by atoms with Gasteiger partial charge in [0.2, 0.25) is 5.91 Å². The number of carbonyl (C=O) groups excluding carboxylic acids is 1. The van der Waals surface area contributed by atoms with Crippen molar-refractivity contribution in [3.63, 3.8) is 0 Å². The summed E-state index contributed by atoms with van der Waals surface area (Å²) >= 11 is 0. The van der Waals surface area contributed by atoms with Gasteiger partial charge in [0.15, 0.2) is 0 Å². The number of fused-ring (bicyclic) bond motifs is 1. The van der Waals surface area contributed by atoms with Crippen molar-refractivity contribution in [1.82, 2.24) is 15.1 Å². The van der Waals surface area contributed by atoms with Crippen molar-refractivity contribution >= 4 is 5.91 Å². The van der Waals surface area contributed by atoms with Crippen LogP contribution in [0.4, 0.5) is 0 Å². The lowest BCUT2D eigenvalue weighted by molar-refractivity contribution is -0.122. The van der Waals surface area contributed by atoms with Gasteiger partial charge in [-0.3, -0.25) is 4.79 Å². The van der Waals surface area contributed by atoms with E-state index in [2.05, 4.69) is 36.4 Å². The zero-order valence-electron chi connectivity index (χ0n) is 14.2. The SMILES string of the molecule is CCCC(=O)NC1CC(C)(C)Cc2c1cnn2-c1ccccc1. The lowest BCUT2D eigenvalue weighted by atomic mass is 9.74. The van der Waals surface area contributed by atoms with Crippen molar-refractivity contribution in [2.24, 2.45) is 5.41 Å². The lowest BCUT2D eigenvalue weighted by Gasteiger charge is -2.36. The highest BCUT2D eigenvalue weighted by atomic mass is 16.1. The van der Waals surface area contributed by atoms with Crippen LogP contribution in [-0.4, -0.2) is 15.7 Å². The second kappa shape index (κ2) is 6.19. The normalized spacial score (nSPS) is 19.2. The summed E-state index contributed by atoms with van der Waals surface area (Å²) in [5, 5.41) is 7.81. The first-order valence-corrected chi connectivity index (χ1v) is 8.42. The molecule has 23 heavy (non-hydrogen) atoms. The Bertz CT molecular complexity index is 688. The number of nitrogens with zero attached hydrogens (tertiary/aromatic N) is 2. The fourth-order valence-electron chi connectivity index (χ4n) is 3.46. The van der Waals surface area contributed by atoms with Gasteiger partial charge < -0.3 is 5.32 Å². The molecule has 2 aromatic rings. The summed E-state index contributed by atoms with van der Waals surface area (Å²) < 4.78 is 2.02. The molecule has 0 saturated heterocycles. The topological polar surface area (TPSA) is 46.9 Å². The standard InChI is InChI=1S/C19H25N3O/c1-4-8-18(23)21-16-11-19(2,3)12-17-15(16)13-20-22(17)14-9-6-5-7-10-14/h5-7,9-10,13,16H,4,8,11-12H2,1-3H3,(H,21,23). The maximum atomic E-state index is 12.1. The first kappa shape index (κ1) is 15.8. The minimum Gasteiger partial charge on any atom is -0.349 e. The molecule has 1 N–H and O–H groups in total. The van der Waals surface area contributed by atoms with E-state index < -0.39 is 0 Å². The van der Waals surface area contributed by atoms with Gasteiger partial charge in [0.25, 0.3) is 0 Å². The quantitative estimate of drug-likeness (QED) is 0.933. The number of amides is 1. The van der Waals surface area contributed by atoms with Crippen LogP contribution in [0.5, 0.6) is 0 Å². The molecule has 1 heterocycles. The molecule has 1 aromatic carbocycles. The second-order valence-electron chi connectivity index (χ2n) is 7.21. The molecule has 0 spiro atoms. The van der Waals surface area contributed by atoms with Crippen molar-refractivity contribution in [2.45, 2.75) is 52.5 Å². The molecule has 0 fully saturated rings. The molecule has 1 aliphatic carbocycles. The number of carbonyl (C=O) groups is 1. The number of hydrogen-bond donors (Lipinski definition) is 1. The van der Waals surface area contributed by atoms with Gasteiger partial charge in [-0.1, -0.05) is 39.0 Å². The fourth-order valence-corrected chi connectivity index (χ4v) is 3.46. The van der Waals surface area contributed by atoms with E-state index >= 15 is 0 Å². The van der Waals surface area contributed by atoms with Crippen molar-refractivity contribution in [3.05, 3.63) is 47.8 Å². The number of aromatic nitrogens is 2. The molecule has 0 saturated carbocycles. The first-order chi connectivity index (χ1) is 11.0. The molecule has 122 valence electrons. The van der Waals surface area contributed by atoms with Crippen molar-refractivity contribution in [1.29, 1.82) is 0 Å². The minimum atomic E-state index is 0.0604. The highest BCUT2D eigenvalue weighted by Gasteiger charge is 2.35. The number of para-hydroxylation sites is 1. The molecule has 1 aromatic heterocycles. The molecule has 1 aliphatic rings. The van der Waals surface area contributed by atoms with Crippen LogP contribution >= 0.6 is 0 Å². The smallest absolute Gasteiger partial charge is 0.220 e. The van der Waals surface area contributed by atoms with Crippen LogP contribution in [0.25, 0.3) is 5.69 Å². The summed E-state index contributed by atoms with van der Waals surface area (Å²) in [5.74, 6) is 0.133. The predicted molar refractivity (Wildman–Crippen MR) is 91.5 cm³/mol. The van der Waals surface area contributed by atoms with Crippen molar-refractivity contribution in [3.8, 4) is 5.69 Å². The molecule has 3 rings (SSSR count).